The van der Waals surface area contributed by atoms with Crippen LogP contribution in [0.5, 0.6) is 0 Å². The molecule has 1 N–H and O–H groups in total. The summed E-state index contributed by atoms with van der Waals surface area (Å²) >= 11 is 0. The van der Waals surface area contributed by atoms with Gasteiger partial charge in [0.05, 0.1) is 6.04 Å². The van der Waals surface area contributed by atoms with Gasteiger partial charge in [0.25, 0.3) is 0 Å². The molecule has 1 heterocycles. The van der Waals surface area contributed by atoms with Gasteiger partial charge in [0, 0.05) is 17.8 Å². The van der Waals surface area contributed by atoms with E-state index >= 15 is 0 Å². The summed E-state index contributed by atoms with van der Waals surface area (Å²) in [5.41, 5.74) is 1.35. The third-order valence-corrected chi connectivity index (χ3v) is 3.80. The lowest BCUT2D eigenvalue weighted by atomic mass is 10.0. The molecule has 21 heavy (non-hydrogen) atoms. The fraction of sp³-hybridized carbons (Fsp3) is 0.235. The van der Waals surface area contributed by atoms with Crippen molar-refractivity contribution in [2.24, 2.45) is 0 Å². The summed E-state index contributed by atoms with van der Waals surface area (Å²) in [6.07, 6.45) is 1.68. The number of nitrogens with one attached hydrogen (secondary N) is 1. The molecule has 1 unspecified atom stereocenters. The maximum absolute atomic E-state index is 13.9. The molecule has 4 heteroatoms. The molecule has 3 nitrogen and oxygen atoms in total. The normalized spacial score (nSPS) is 17.8. The van der Waals surface area contributed by atoms with Crippen molar-refractivity contribution in [3.05, 3.63) is 66.0 Å². The van der Waals surface area contributed by atoms with Gasteiger partial charge in [-0.05, 0) is 31.0 Å². The van der Waals surface area contributed by atoms with Gasteiger partial charge in [-0.2, -0.15) is 0 Å². The maximum atomic E-state index is 13.9. The van der Waals surface area contributed by atoms with E-state index in [1.54, 1.807) is 17.0 Å². The fourth-order valence-electron chi connectivity index (χ4n) is 2.80. The van der Waals surface area contributed by atoms with Crippen LogP contribution in [0.1, 0.15) is 24.4 Å². The average Bonchev–Trinajstić information content (AvgIpc) is 2.98. The number of carbonyl (C=O) groups is 1. The van der Waals surface area contributed by atoms with Gasteiger partial charge in [-0.15, -0.1) is 0 Å². The van der Waals surface area contributed by atoms with Crippen LogP contribution in [0.15, 0.2) is 54.6 Å². The van der Waals surface area contributed by atoms with Crippen molar-refractivity contribution < 1.29 is 9.18 Å². The van der Waals surface area contributed by atoms with Gasteiger partial charge in [-0.25, -0.2) is 9.18 Å². The second kappa shape index (κ2) is 5.95. The smallest absolute Gasteiger partial charge is 0.317 e. The number of para-hydroxylation sites is 1. The molecule has 2 aromatic rings. The number of nitrogens with zero attached hydrogens (tertiary/aromatic N) is 1. The zero-order valence-electron chi connectivity index (χ0n) is 11.6. The van der Waals surface area contributed by atoms with Gasteiger partial charge in [0.1, 0.15) is 5.82 Å². The predicted molar refractivity (Wildman–Crippen MR) is 80.5 cm³/mol. The molecule has 3 rings (SSSR count). The molecule has 1 fully saturated rings. The van der Waals surface area contributed by atoms with Gasteiger partial charge in [-0.3, -0.25) is 0 Å². The van der Waals surface area contributed by atoms with Crippen LogP contribution in [0, 0.1) is 5.82 Å². The largest absolute Gasteiger partial charge is 0.322 e. The number of anilines is 1. The lowest BCUT2D eigenvalue weighted by Gasteiger charge is -2.25. The summed E-state index contributed by atoms with van der Waals surface area (Å²) in [7, 11) is 0. The van der Waals surface area contributed by atoms with E-state index in [0.717, 1.165) is 18.5 Å². The molecule has 2 aromatic carbocycles. The molecule has 1 aliphatic rings. The monoisotopic (exact) mass is 284 g/mol. The van der Waals surface area contributed by atoms with Crippen LogP contribution in [0.2, 0.25) is 0 Å². The van der Waals surface area contributed by atoms with E-state index in [2.05, 4.69) is 5.32 Å². The standard InChI is InChI=1S/C17H17FN2O/c18-15-10-5-4-9-14(15)16-11-6-12-20(16)17(21)19-13-7-2-1-3-8-13/h1-5,7-10,16H,6,11-12H2,(H,19,21). The van der Waals surface area contributed by atoms with E-state index in [-0.39, 0.29) is 17.9 Å². The number of hydrogen-bond donors (Lipinski definition) is 1. The molecule has 0 aromatic heterocycles. The highest BCUT2D eigenvalue weighted by Gasteiger charge is 2.31. The number of likely N-dealkylation sites (tertiary alicyclic amines) is 1. The number of benzene rings is 2. The molecular formula is C17H17FN2O. The maximum Gasteiger partial charge on any atom is 0.322 e. The number of halogens is 1. The van der Waals surface area contributed by atoms with Gasteiger partial charge >= 0.3 is 6.03 Å². The summed E-state index contributed by atoms with van der Waals surface area (Å²) in [5, 5.41) is 2.87. The molecule has 1 saturated heterocycles. The number of rotatable bonds is 2. The second-order valence-corrected chi connectivity index (χ2v) is 5.17. The zero-order valence-corrected chi connectivity index (χ0v) is 11.6. The highest BCUT2D eigenvalue weighted by Crippen LogP contribution is 2.33. The lowest BCUT2D eigenvalue weighted by molar-refractivity contribution is 0.206. The van der Waals surface area contributed by atoms with Crippen molar-refractivity contribution in [3.8, 4) is 0 Å². The highest BCUT2D eigenvalue weighted by atomic mass is 19.1. The molecule has 1 atom stereocenters. The summed E-state index contributed by atoms with van der Waals surface area (Å²) in [6.45, 7) is 0.650. The molecule has 2 amide bonds. The molecule has 0 bridgehead atoms. The molecule has 0 spiro atoms. The Balaban J connectivity index is 1.78. The van der Waals surface area contributed by atoms with Crippen LogP contribution in [0.3, 0.4) is 0 Å². The first-order valence-electron chi connectivity index (χ1n) is 7.13. The summed E-state index contributed by atoms with van der Waals surface area (Å²) in [6, 6.07) is 15.6. The Morgan fingerprint density at radius 3 is 2.57 bits per heavy atom. The van der Waals surface area contributed by atoms with Crippen molar-refractivity contribution >= 4 is 11.7 Å². The summed E-state index contributed by atoms with van der Waals surface area (Å²) < 4.78 is 13.9. The number of hydrogen-bond acceptors (Lipinski definition) is 1. The average molecular weight is 284 g/mol. The topological polar surface area (TPSA) is 32.3 Å². The van der Waals surface area contributed by atoms with E-state index in [4.69, 9.17) is 0 Å². The molecular weight excluding hydrogens is 267 g/mol. The Bertz CT molecular complexity index is 630. The minimum Gasteiger partial charge on any atom is -0.317 e. The number of amides is 2. The van der Waals surface area contributed by atoms with Crippen LogP contribution in [-0.2, 0) is 0 Å². The molecule has 1 aliphatic heterocycles. The van der Waals surface area contributed by atoms with Gasteiger partial charge < -0.3 is 10.2 Å². The Kier molecular flexibility index (Phi) is 3.86. The summed E-state index contributed by atoms with van der Waals surface area (Å²) in [5.74, 6) is -0.248. The molecule has 0 aliphatic carbocycles. The fourth-order valence-corrected chi connectivity index (χ4v) is 2.80. The minimum atomic E-state index is -0.248. The predicted octanol–water partition coefficient (Wildman–Crippen LogP) is 4.19. The Hall–Kier alpha value is -2.36. The first-order chi connectivity index (χ1) is 10.3. The van der Waals surface area contributed by atoms with E-state index in [9.17, 15) is 9.18 Å². The van der Waals surface area contributed by atoms with Crippen molar-refractivity contribution in [2.45, 2.75) is 18.9 Å². The van der Waals surface area contributed by atoms with Crippen LogP contribution < -0.4 is 5.32 Å². The van der Waals surface area contributed by atoms with Crippen LogP contribution >= 0.6 is 0 Å². The quantitative estimate of drug-likeness (QED) is 0.881. The molecule has 108 valence electrons. The van der Waals surface area contributed by atoms with E-state index < -0.39 is 0 Å². The van der Waals surface area contributed by atoms with Crippen molar-refractivity contribution in [1.82, 2.24) is 4.90 Å². The van der Waals surface area contributed by atoms with Crippen LogP contribution in [0.25, 0.3) is 0 Å². The number of urea groups is 1. The Labute approximate surface area is 123 Å². The second-order valence-electron chi connectivity index (χ2n) is 5.17. The van der Waals surface area contributed by atoms with Gasteiger partial charge in [0.2, 0.25) is 0 Å². The zero-order chi connectivity index (χ0) is 14.7. The first-order valence-corrected chi connectivity index (χ1v) is 7.13. The third kappa shape index (κ3) is 2.89. The Morgan fingerprint density at radius 2 is 1.81 bits per heavy atom. The van der Waals surface area contributed by atoms with Crippen molar-refractivity contribution in [2.75, 3.05) is 11.9 Å². The van der Waals surface area contributed by atoms with Gasteiger partial charge in [0.15, 0.2) is 0 Å². The van der Waals surface area contributed by atoms with Crippen molar-refractivity contribution in [3.63, 3.8) is 0 Å². The number of carbonyl (C=O) groups excluding carboxylic acids is 1. The summed E-state index contributed by atoms with van der Waals surface area (Å²) in [4.78, 5) is 14.1. The van der Waals surface area contributed by atoms with Crippen LogP contribution in [0.4, 0.5) is 14.9 Å². The Morgan fingerprint density at radius 1 is 1.10 bits per heavy atom. The van der Waals surface area contributed by atoms with E-state index in [0.29, 0.717) is 12.1 Å². The van der Waals surface area contributed by atoms with Crippen LogP contribution in [-0.4, -0.2) is 17.5 Å². The van der Waals surface area contributed by atoms with E-state index in [1.165, 1.54) is 6.07 Å². The minimum absolute atomic E-state index is 0.174. The SMILES string of the molecule is O=C(Nc1ccccc1)N1CCCC1c1ccccc1F. The highest BCUT2D eigenvalue weighted by molar-refractivity contribution is 5.89. The van der Waals surface area contributed by atoms with E-state index in [1.807, 2.05) is 36.4 Å². The van der Waals surface area contributed by atoms with Gasteiger partial charge in [-0.1, -0.05) is 36.4 Å². The first kappa shape index (κ1) is 13.6. The molecule has 0 radical (unpaired) electrons. The van der Waals surface area contributed by atoms with Crippen molar-refractivity contribution in [1.29, 1.82) is 0 Å². The molecule has 0 saturated carbocycles. The lowest BCUT2D eigenvalue weighted by Crippen LogP contribution is -2.34. The third-order valence-electron chi connectivity index (χ3n) is 3.80.